The molecule has 0 atom stereocenters. The van der Waals surface area contributed by atoms with Gasteiger partial charge in [-0.15, -0.1) is 0 Å². The summed E-state index contributed by atoms with van der Waals surface area (Å²) in [5.41, 5.74) is 0.836. The molecule has 0 spiro atoms. The van der Waals surface area contributed by atoms with Crippen LogP contribution in [0.4, 0.5) is 0 Å². The van der Waals surface area contributed by atoms with E-state index in [0.717, 1.165) is 16.3 Å². The van der Waals surface area contributed by atoms with Crippen molar-refractivity contribution in [2.45, 2.75) is 6.42 Å². The third-order valence-corrected chi connectivity index (χ3v) is 2.58. The summed E-state index contributed by atoms with van der Waals surface area (Å²) in [5.74, 6) is 1.35. The van der Waals surface area contributed by atoms with Gasteiger partial charge in [0.05, 0.1) is 14.2 Å². The average molecular weight is 259 g/mol. The van der Waals surface area contributed by atoms with Crippen molar-refractivity contribution >= 4 is 22.2 Å². The van der Waals surface area contributed by atoms with Crippen LogP contribution in [-0.2, 0) is 11.2 Å². The molecule has 0 aromatic heterocycles. The first-order valence-electron chi connectivity index (χ1n) is 4.07. The summed E-state index contributed by atoms with van der Waals surface area (Å²) in [7, 11) is 3.15. The molecule has 0 heterocycles. The SMILES string of the molecule is COc1cc(Br)c(CC=O)c(OC)c1. The van der Waals surface area contributed by atoms with Crippen molar-refractivity contribution in [1.82, 2.24) is 0 Å². The Balaban J connectivity index is 3.19. The molecule has 1 rings (SSSR count). The largest absolute Gasteiger partial charge is 0.497 e. The standard InChI is InChI=1S/C10H11BrO3/c1-13-7-5-9(11)8(3-4-12)10(6-7)14-2/h4-6H,3H2,1-2H3. The van der Waals surface area contributed by atoms with Crippen molar-refractivity contribution in [1.29, 1.82) is 0 Å². The van der Waals surface area contributed by atoms with Gasteiger partial charge in [0.2, 0.25) is 0 Å². The number of benzene rings is 1. The first-order chi connectivity index (χ1) is 6.72. The lowest BCUT2D eigenvalue weighted by Gasteiger charge is -2.10. The molecule has 0 bridgehead atoms. The minimum absolute atomic E-state index is 0.327. The minimum Gasteiger partial charge on any atom is -0.497 e. The lowest BCUT2D eigenvalue weighted by Crippen LogP contribution is -1.96. The van der Waals surface area contributed by atoms with Crippen molar-refractivity contribution in [2.24, 2.45) is 0 Å². The van der Waals surface area contributed by atoms with Crippen LogP contribution in [0.25, 0.3) is 0 Å². The monoisotopic (exact) mass is 258 g/mol. The number of rotatable bonds is 4. The first kappa shape index (κ1) is 11.0. The molecule has 0 aliphatic rings. The Hall–Kier alpha value is -1.03. The fraction of sp³-hybridized carbons (Fsp3) is 0.300. The first-order valence-corrected chi connectivity index (χ1v) is 4.86. The number of methoxy groups -OCH3 is 2. The summed E-state index contributed by atoms with van der Waals surface area (Å²) >= 11 is 3.36. The van der Waals surface area contributed by atoms with Crippen LogP contribution in [0.2, 0.25) is 0 Å². The van der Waals surface area contributed by atoms with E-state index in [4.69, 9.17) is 9.47 Å². The van der Waals surface area contributed by atoms with Crippen molar-refractivity contribution < 1.29 is 14.3 Å². The van der Waals surface area contributed by atoms with E-state index in [1.165, 1.54) is 0 Å². The number of halogens is 1. The van der Waals surface area contributed by atoms with Crippen LogP contribution >= 0.6 is 15.9 Å². The summed E-state index contributed by atoms with van der Waals surface area (Å²) in [5, 5.41) is 0. The number of hydrogen-bond donors (Lipinski definition) is 0. The second-order valence-electron chi connectivity index (χ2n) is 2.66. The Morgan fingerprint density at radius 2 is 2.07 bits per heavy atom. The Kier molecular flexibility index (Phi) is 3.95. The molecule has 0 aliphatic heterocycles. The number of carbonyl (C=O) groups is 1. The maximum Gasteiger partial charge on any atom is 0.127 e. The quantitative estimate of drug-likeness (QED) is 0.777. The molecule has 14 heavy (non-hydrogen) atoms. The molecule has 0 saturated heterocycles. The number of carbonyl (C=O) groups excluding carboxylic acids is 1. The zero-order chi connectivity index (χ0) is 10.6. The van der Waals surface area contributed by atoms with Gasteiger partial charge < -0.3 is 14.3 Å². The van der Waals surface area contributed by atoms with Crippen LogP contribution in [0.3, 0.4) is 0 Å². The van der Waals surface area contributed by atoms with Gasteiger partial charge in [0.25, 0.3) is 0 Å². The number of ether oxygens (including phenoxy) is 2. The molecule has 0 unspecified atom stereocenters. The van der Waals surface area contributed by atoms with E-state index < -0.39 is 0 Å². The maximum absolute atomic E-state index is 10.4. The van der Waals surface area contributed by atoms with E-state index in [-0.39, 0.29) is 0 Å². The van der Waals surface area contributed by atoms with E-state index in [1.807, 2.05) is 0 Å². The predicted octanol–water partition coefficient (Wildman–Crippen LogP) is 2.21. The average Bonchev–Trinajstić information content (AvgIpc) is 2.20. The van der Waals surface area contributed by atoms with E-state index in [0.29, 0.717) is 17.9 Å². The maximum atomic E-state index is 10.4. The van der Waals surface area contributed by atoms with Crippen LogP contribution in [-0.4, -0.2) is 20.5 Å². The van der Waals surface area contributed by atoms with E-state index in [1.54, 1.807) is 26.4 Å². The van der Waals surface area contributed by atoms with Crippen molar-refractivity contribution in [2.75, 3.05) is 14.2 Å². The molecule has 1 aromatic rings. The van der Waals surface area contributed by atoms with E-state index in [9.17, 15) is 4.79 Å². The molecule has 3 nitrogen and oxygen atoms in total. The topological polar surface area (TPSA) is 35.5 Å². The third-order valence-electron chi connectivity index (χ3n) is 1.87. The molecule has 0 radical (unpaired) electrons. The van der Waals surface area contributed by atoms with Crippen molar-refractivity contribution in [3.63, 3.8) is 0 Å². The summed E-state index contributed by atoms with van der Waals surface area (Å²) in [6.45, 7) is 0. The molecule has 0 fully saturated rings. The lowest BCUT2D eigenvalue weighted by atomic mass is 10.1. The van der Waals surface area contributed by atoms with E-state index in [2.05, 4.69) is 15.9 Å². The highest BCUT2D eigenvalue weighted by Crippen LogP contribution is 2.32. The summed E-state index contributed by atoms with van der Waals surface area (Å²) in [6, 6.07) is 3.56. The highest BCUT2D eigenvalue weighted by molar-refractivity contribution is 9.10. The van der Waals surface area contributed by atoms with Gasteiger partial charge >= 0.3 is 0 Å². The highest BCUT2D eigenvalue weighted by Gasteiger charge is 2.09. The van der Waals surface area contributed by atoms with Gasteiger partial charge in [0, 0.05) is 22.5 Å². The summed E-state index contributed by atoms with van der Waals surface area (Å²) in [6.07, 6.45) is 1.17. The fourth-order valence-corrected chi connectivity index (χ4v) is 1.75. The van der Waals surface area contributed by atoms with Crippen LogP contribution < -0.4 is 9.47 Å². The second-order valence-corrected chi connectivity index (χ2v) is 3.52. The number of aldehydes is 1. The van der Waals surface area contributed by atoms with Gasteiger partial charge in [-0.05, 0) is 6.07 Å². The Morgan fingerprint density at radius 1 is 1.36 bits per heavy atom. The second kappa shape index (κ2) is 5.00. The molecular weight excluding hydrogens is 248 g/mol. The molecule has 0 aliphatic carbocycles. The molecule has 1 aromatic carbocycles. The highest BCUT2D eigenvalue weighted by atomic mass is 79.9. The summed E-state index contributed by atoms with van der Waals surface area (Å²) in [4.78, 5) is 10.4. The van der Waals surface area contributed by atoms with Gasteiger partial charge in [-0.3, -0.25) is 0 Å². The van der Waals surface area contributed by atoms with Crippen molar-refractivity contribution in [3.8, 4) is 11.5 Å². The zero-order valence-corrected chi connectivity index (χ0v) is 9.63. The molecular formula is C10H11BrO3. The summed E-state index contributed by atoms with van der Waals surface area (Å²) < 4.78 is 11.0. The fourth-order valence-electron chi connectivity index (χ4n) is 1.17. The smallest absolute Gasteiger partial charge is 0.127 e. The van der Waals surface area contributed by atoms with Gasteiger partial charge in [-0.25, -0.2) is 0 Å². The lowest BCUT2D eigenvalue weighted by molar-refractivity contribution is -0.107. The molecule has 76 valence electrons. The van der Waals surface area contributed by atoms with Crippen LogP contribution in [0.15, 0.2) is 16.6 Å². The molecule has 0 N–H and O–H groups in total. The normalized spacial score (nSPS) is 9.64. The zero-order valence-electron chi connectivity index (χ0n) is 8.04. The van der Waals surface area contributed by atoms with Gasteiger partial charge in [0.1, 0.15) is 17.8 Å². The molecule has 0 amide bonds. The molecule has 0 saturated carbocycles. The Morgan fingerprint density at radius 3 is 2.57 bits per heavy atom. The van der Waals surface area contributed by atoms with Gasteiger partial charge in [0.15, 0.2) is 0 Å². The van der Waals surface area contributed by atoms with Gasteiger partial charge in [-0.2, -0.15) is 0 Å². The predicted molar refractivity (Wildman–Crippen MR) is 57.0 cm³/mol. The third kappa shape index (κ3) is 2.26. The minimum atomic E-state index is 0.327. The Labute approximate surface area is 91.1 Å². The van der Waals surface area contributed by atoms with E-state index >= 15 is 0 Å². The Bertz CT molecular complexity index is 336. The van der Waals surface area contributed by atoms with Gasteiger partial charge in [-0.1, -0.05) is 15.9 Å². The van der Waals surface area contributed by atoms with Crippen molar-refractivity contribution in [3.05, 3.63) is 22.2 Å². The van der Waals surface area contributed by atoms with Crippen LogP contribution in [0.5, 0.6) is 11.5 Å². The van der Waals surface area contributed by atoms with Crippen LogP contribution in [0, 0.1) is 0 Å². The molecule has 4 heteroatoms. The van der Waals surface area contributed by atoms with Crippen LogP contribution in [0.1, 0.15) is 5.56 Å². The number of hydrogen-bond acceptors (Lipinski definition) is 3.